The van der Waals surface area contributed by atoms with Crippen molar-refractivity contribution in [1.82, 2.24) is 9.80 Å². The largest absolute Gasteiger partial charge is 0.480 e. The van der Waals surface area contributed by atoms with Crippen LogP contribution in [-0.2, 0) is 9.59 Å². The highest BCUT2D eigenvalue weighted by Gasteiger charge is 2.55. The Morgan fingerprint density at radius 3 is 1.24 bits per heavy atom. The number of carbonyl (C=O) groups is 2. The van der Waals surface area contributed by atoms with Gasteiger partial charge in [-0.3, -0.25) is 19.4 Å². The van der Waals surface area contributed by atoms with Crippen LogP contribution in [0.5, 0.6) is 0 Å². The molecule has 4 N–H and O–H groups in total. The van der Waals surface area contributed by atoms with Crippen molar-refractivity contribution in [1.29, 1.82) is 0 Å². The molecule has 8 nitrogen and oxygen atoms in total. The maximum atomic E-state index is 12.5. The Bertz CT molecular complexity index is 725. The summed E-state index contributed by atoms with van der Waals surface area (Å²) in [5.74, 6) is -2.30. The van der Waals surface area contributed by atoms with Gasteiger partial charge in [0.2, 0.25) is 0 Å². The molecular formula is C29H54N2O6. The lowest BCUT2D eigenvalue weighted by Gasteiger charge is -2.60. The Hall–Kier alpha value is -1.22. The summed E-state index contributed by atoms with van der Waals surface area (Å²) >= 11 is 0. The van der Waals surface area contributed by atoms with Gasteiger partial charge in [-0.2, -0.15) is 0 Å². The quantitative estimate of drug-likeness (QED) is 0.297. The highest BCUT2D eigenvalue weighted by atomic mass is 16.4. The first-order chi connectivity index (χ1) is 16.8. The third-order valence-electron chi connectivity index (χ3n) is 9.83. The number of aliphatic hydroxyl groups is 2. The molecule has 0 radical (unpaired) electrons. The van der Waals surface area contributed by atoms with E-state index < -0.39 is 17.4 Å². The average Bonchev–Trinajstić information content (AvgIpc) is 2.72. The molecule has 0 spiro atoms. The summed E-state index contributed by atoms with van der Waals surface area (Å²) in [6, 6.07) is 0. The Morgan fingerprint density at radius 2 is 1.03 bits per heavy atom. The van der Waals surface area contributed by atoms with E-state index in [1.54, 1.807) is 6.92 Å². The number of carboxylic acid groups (broad SMARTS) is 2. The van der Waals surface area contributed by atoms with Crippen molar-refractivity contribution in [2.45, 2.75) is 123 Å². The van der Waals surface area contributed by atoms with Crippen LogP contribution in [0.4, 0.5) is 0 Å². The van der Waals surface area contributed by atoms with Crippen LogP contribution in [0.25, 0.3) is 0 Å². The fourth-order valence-corrected chi connectivity index (χ4v) is 8.64. The summed E-state index contributed by atoms with van der Waals surface area (Å²) in [5.41, 5.74) is -2.72. The minimum Gasteiger partial charge on any atom is -0.480 e. The second kappa shape index (κ2) is 11.1. The lowest BCUT2D eigenvalue weighted by molar-refractivity contribution is -0.169. The maximum absolute atomic E-state index is 12.5. The average molecular weight is 527 g/mol. The van der Waals surface area contributed by atoms with Crippen molar-refractivity contribution >= 4 is 11.9 Å². The summed E-state index contributed by atoms with van der Waals surface area (Å²) in [5, 5.41) is 40.0. The molecule has 2 aliphatic rings. The summed E-state index contributed by atoms with van der Waals surface area (Å²) < 4.78 is 0. The molecule has 2 saturated heterocycles. The molecule has 0 aromatic rings. The molecule has 0 saturated carbocycles. The predicted molar refractivity (Wildman–Crippen MR) is 145 cm³/mol. The second-order valence-corrected chi connectivity index (χ2v) is 14.3. The fraction of sp³-hybridized carbons (Fsp3) is 0.931. The zero-order valence-corrected chi connectivity index (χ0v) is 24.8. The van der Waals surface area contributed by atoms with E-state index in [0.717, 1.165) is 25.7 Å². The molecule has 37 heavy (non-hydrogen) atoms. The van der Waals surface area contributed by atoms with Gasteiger partial charge < -0.3 is 20.4 Å². The lowest BCUT2D eigenvalue weighted by atomic mass is 9.57. The molecule has 2 rings (SSSR count). The molecule has 2 heterocycles. The third-order valence-corrected chi connectivity index (χ3v) is 9.83. The van der Waals surface area contributed by atoms with Crippen LogP contribution in [0, 0.1) is 23.2 Å². The maximum Gasteiger partial charge on any atom is 0.321 e. The molecule has 0 aromatic carbocycles. The minimum atomic E-state index is -1.82. The number of aliphatic carboxylic acids is 2. The van der Waals surface area contributed by atoms with Crippen molar-refractivity contribution in [2.24, 2.45) is 23.2 Å². The SMILES string of the molecule is CCC(CC(C1CC(C)(C)N(CCO)C(C)(C)C1)C1CC(C)(C)N(CCO)C(C)(C)C1)(C(=O)O)C(=O)O. The van der Waals surface area contributed by atoms with Crippen LogP contribution < -0.4 is 0 Å². The number of likely N-dealkylation sites (tertiary alicyclic amines) is 2. The number of hydrogen-bond donors (Lipinski definition) is 4. The topological polar surface area (TPSA) is 122 Å². The Morgan fingerprint density at radius 1 is 0.730 bits per heavy atom. The lowest BCUT2D eigenvalue weighted by Crippen LogP contribution is -2.64. The van der Waals surface area contributed by atoms with Crippen molar-refractivity contribution in [2.75, 3.05) is 26.3 Å². The van der Waals surface area contributed by atoms with E-state index in [4.69, 9.17) is 0 Å². The summed E-state index contributed by atoms with van der Waals surface area (Å²) in [7, 11) is 0. The van der Waals surface area contributed by atoms with Crippen molar-refractivity contribution in [3.05, 3.63) is 0 Å². The van der Waals surface area contributed by atoms with Gasteiger partial charge in [0, 0.05) is 35.2 Å². The number of hydrogen-bond acceptors (Lipinski definition) is 6. The molecule has 0 atom stereocenters. The number of carboxylic acids is 2. The van der Waals surface area contributed by atoms with Gasteiger partial charge in [-0.1, -0.05) is 6.92 Å². The van der Waals surface area contributed by atoms with Crippen LogP contribution >= 0.6 is 0 Å². The van der Waals surface area contributed by atoms with E-state index in [-0.39, 0.29) is 66.0 Å². The molecule has 216 valence electrons. The van der Waals surface area contributed by atoms with Crippen LogP contribution in [0.15, 0.2) is 0 Å². The first-order valence-electron chi connectivity index (χ1n) is 14.1. The van der Waals surface area contributed by atoms with Crippen LogP contribution in [0.2, 0.25) is 0 Å². The highest BCUT2D eigenvalue weighted by Crippen LogP contribution is 2.54. The molecule has 0 unspecified atom stereocenters. The zero-order chi connectivity index (χ0) is 28.6. The summed E-state index contributed by atoms with van der Waals surface area (Å²) in [6.45, 7) is 20.5. The first-order valence-corrected chi connectivity index (χ1v) is 14.1. The van der Waals surface area contributed by atoms with E-state index in [0.29, 0.717) is 13.1 Å². The van der Waals surface area contributed by atoms with Crippen molar-refractivity contribution in [3.63, 3.8) is 0 Å². The van der Waals surface area contributed by atoms with Crippen LogP contribution in [0.1, 0.15) is 101 Å². The van der Waals surface area contributed by atoms with E-state index in [9.17, 15) is 30.0 Å². The Kier molecular flexibility index (Phi) is 9.60. The number of nitrogens with zero attached hydrogens (tertiary/aromatic N) is 2. The zero-order valence-electron chi connectivity index (χ0n) is 24.8. The molecule has 2 fully saturated rings. The molecule has 0 amide bonds. The van der Waals surface area contributed by atoms with Gasteiger partial charge >= 0.3 is 11.9 Å². The summed E-state index contributed by atoms with van der Waals surface area (Å²) in [6.07, 6.45) is 3.42. The normalized spacial score (nSPS) is 24.9. The van der Waals surface area contributed by atoms with E-state index in [2.05, 4.69) is 65.2 Å². The Balaban J connectivity index is 2.61. The molecule has 0 bridgehead atoms. The smallest absolute Gasteiger partial charge is 0.321 e. The number of aliphatic hydroxyl groups excluding tert-OH is 2. The van der Waals surface area contributed by atoms with E-state index in [1.165, 1.54) is 0 Å². The fourth-order valence-electron chi connectivity index (χ4n) is 8.64. The van der Waals surface area contributed by atoms with E-state index >= 15 is 0 Å². The van der Waals surface area contributed by atoms with Gasteiger partial charge in [-0.05, 0) is 112 Å². The van der Waals surface area contributed by atoms with Crippen LogP contribution in [-0.4, -0.2) is 90.6 Å². The van der Waals surface area contributed by atoms with Gasteiger partial charge in [-0.25, -0.2) is 0 Å². The summed E-state index contributed by atoms with van der Waals surface area (Å²) in [4.78, 5) is 29.8. The number of piperidine rings is 2. The van der Waals surface area contributed by atoms with Crippen LogP contribution in [0.3, 0.4) is 0 Å². The second-order valence-electron chi connectivity index (χ2n) is 14.3. The minimum absolute atomic E-state index is 0.0421. The number of rotatable bonds is 11. The first kappa shape index (κ1) is 32.0. The standard InChI is InChI=1S/C29H54N2O6/c1-10-29(23(34)35,24(36)37)19-22(20-15-25(2,3)30(11-13-32)26(4,5)16-20)21-17-27(6,7)31(12-14-33)28(8,9)18-21/h20-22,32-33H,10-19H2,1-9H3,(H,34,35)(H,36,37). The highest BCUT2D eigenvalue weighted by molar-refractivity contribution is 5.98. The van der Waals surface area contributed by atoms with Crippen molar-refractivity contribution < 1.29 is 30.0 Å². The number of β-amino-alcohol motifs (C(OH)–C–C–N with tert-alkyl or cyclic N) is 2. The van der Waals surface area contributed by atoms with Crippen molar-refractivity contribution in [3.8, 4) is 0 Å². The third kappa shape index (κ3) is 6.34. The predicted octanol–water partition coefficient (Wildman–Crippen LogP) is 4.08. The molecular weight excluding hydrogens is 472 g/mol. The van der Waals surface area contributed by atoms with Gasteiger partial charge in [0.15, 0.2) is 5.41 Å². The molecule has 0 aromatic heterocycles. The Labute approximate surface area is 224 Å². The van der Waals surface area contributed by atoms with Gasteiger partial charge in [0.25, 0.3) is 0 Å². The molecule has 2 aliphatic heterocycles. The molecule has 8 heteroatoms. The molecule has 0 aliphatic carbocycles. The van der Waals surface area contributed by atoms with Gasteiger partial charge in [-0.15, -0.1) is 0 Å². The monoisotopic (exact) mass is 526 g/mol. The van der Waals surface area contributed by atoms with Gasteiger partial charge in [0.05, 0.1) is 13.2 Å². The van der Waals surface area contributed by atoms with E-state index in [1.807, 2.05) is 0 Å². The van der Waals surface area contributed by atoms with Gasteiger partial charge in [0.1, 0.15) is 0 Å².